The highest BCUT2D eigenvalue weighted by Crippen LogP contribution is 2.30. The Labute approximate surface area is 128 Å². The molecule has 2 aliphatic carbocycles. The Morgan fingerprint density at radius 2 is 1.81 bits per heavy atom. The largest absolute Gasteiger partial charge is 0.481 e. The number of piperidine rings is 1. The molecule has 2 atom stereocenters. The number of likely N-dealkylation sites (tertiary alicyclic amines) is 1. The van der Waals surface area contributed by atoms with E-state index in [1.54, 1.807) is 0 Å². The van der Waals surface area contributed by atoms with Crippen molar-refractivity contribution in [2.75, 3.05) is 19.6 Å². The molecule has 4 heteroatoms. The van der Waals surface area contributed by atoms with Gasteiger partial charge in [-0.05, 0) is 44.6 Å². The molecule has 1 saturated heterocycles. The normalized spacial score (nSPS) is 32.8. The summed E-state index contributed by atoms with van der Waals surface area (Å²) in [5, 5.41) is 13.1. The molecule has 120 valence electrons. The van der Waals surface area contributed by atoms with Crippen LogP contribution < -0.4 is 5.32 Å². The summed E-state index contributed by atoms with van der Waals surface area (Å²) in [5.41, 5.74) is 0. The van der Waals surface area contributed by atoms with Gasteiger partial charge in [0.25, 0.3) is 0 Å². The van der Waals surface area contributed by atoms with Crippen LogP contribution in [0.1, 0.15) is 57.8 Å². The lowest BCUT2D eigenvalue weighted by Gasteiger charge is -2.44. The Morgan fingerprint density at radius 3 is 2.43 bits per heavy atom. The molecular weight excluding hydrogens is 264 g/mol. The second-order valence-corrected chi connectivity index (χ2v) is 7.42. The SMILES string of the molecule is O=C(O)C1CC(NCC2CCCCC2)CN(C2CCC2)C1. The Bertz CT molecular complexity index is 351. The number of carbonyl (C=O) groups is 1. The molecule has 21 heavy (non-hydrogen) atoms. The van der Waals surface area contributed by atoms with Crippen molar-refractivity contribution in [3.05, 3.63) is 0 Å². The second-order valence-electron chi connectivity index (χ2n) is 7.42. The fourth-order valence-electron chi connectivity index (χ4n) is 4.23. The molecule has 0 aromatic carbocycles. The number of carboxylic acid groups (broad SMARTS) is 1. The van der Waals surface area contributed by atoms with Gasteiger partial charge in [-0.2, -0.15) is 0 Å². The van der Waals surface area contributed by atoms with Crippen LogP contribution in [0.4, 0.5) is 0 Å². The number of carboxylic acids is 1. The molecule has 2 N–H and O–H groups in total. The van der Waals surface area contributed by atoms with Gasteiger partial charge in [0.1, 0.15) is 0 Å². The first-order valence-corrected chi connectivity index (χ1v) is 8.92. The van der Waals surface area contributed by atoms with Crippen LogP contribution in [-0.2, 0) is 4.79 Å². The maximum Gasteiger partial charge on any atom is 0.307 e. The van der Waals surface area contributed by atoms with Crippen molar-refractivity contribution >= 4 is 5.97 Å². The molecule has 0 amide bonds. The van der Waals surface area contributed by atoms with E-state index in [1.807, 2.05) is 0 Å². The van der Waals surface area contributed by atoms with E-state index in [-0.39, 0.29) is 5.92 Å². The molecule has 1 heterocycles. The highest BCUT2D eigenvalue weighted by molar-refractivity contribution is 5.70. The van der Waals surface area contributed by atoms with Crippen LogP contribution in [0.5, 0.6) is 0 Å². The van der Waals surface area contributed by atoms with Crippen molar-refractivity contribution in [2.24, 2.45) is 11.8 Å². The molecule has 3 fully saturated rings. The van der Waals surface area contributed by atoms with Gasteiger partial charge >= 0.3 is 5.97 Å². The summed E-state index contributed by atoms with van der Waals surface area (Å²) < 4.78 is 0. The van der Waals surface area contributed by atoms with Gasteiger partial charge in [0.05, 0.1) is 5.92 Å². The zero-order chi connectivity index (χ0) is 14.7. The van der Waals surface area contributed by atoms with E-state index in [9.17, 15) is 9.90 Å². The summed E-state index contributed by atoms with van der Waals surface area (Å²) >= 11 is 0. The lowest BCUT2D eigenvalue weighted by molar-refractivity contribution is -0.144. The van der Waals surface area contributed by atoms with Crippen LogP contribution in [0.2, 0.25) is 0 Å². The summed E-state index contributed by atoms with van der Waals surface area (Å²) in [6, 6.07) is 1.04. The first-order valence-electron chi connectivity index (χ1n) is 8.92. The summed E-state index contributed by atoms with van der Waals surface area (Å²) in [6.45, 7) is 2.91. The lowest BCUT2D eigenvalue weighted by Crippen LogP contribution is -2.56. The van der Waals surface area contributed by atoms with Crippen molar-refractivity contribution in [3.8, 4) is 0 Å². The number of rotatable bonds is 5. The predicted molar refractivity (Wildman–Crippen MR) is 83.3 cm³/mol. The number of hydrogen-bond acceptors (Lipinski definition) is 3. The van der Waals surface area contributed by atoms with E-state index in [0.717, 1.165) is 32.0 Å². The van der Waals surface area contributed by atoms with Gasteiger partial charge in [0.2, 0.25) is 0 Å². The third-order valence-corrected chi connectivity index (χ3v) is 5.84. The van der Waals surface area contributed by atoms with E-state index in [2.05, 4.69) is 10.2 Å². The third kappa shape index (κ3) is 3.98. The summed E-state index contributed by atoms with van der Waals surface area (Å²) in [6.07, 6.45) is 11.5. The van der Waals surface area contributed by atoms with Gasteiger partial charge in [0, 0.05) is 25.2 Å². The highest BCUT2D eigenvalue weighted by atomic mass is 16.4. The Kier molecular flexibility index (Phi) is 5.17. The highest BCUT2D eigenvalue weighted by Gasteiger charge is 2.36. The first-order chi connectivity index (χ1) is 10.2. The zero-order valence-corrected chi connectivity index (χ0v) is 13.1. The Balaban J connectivity index is 1.51. The van der Waals surface area contributed by atoms with Crippen LogP contribution in [0.25, 0.3) is 0 Å². The minimum absolute atomic E-state index is 0.178. The second kappa shape index (κ2) is 7.10. The minimum Gasteiger partial charge on any atom is -0.481 e. The van der Waals surface area contributed by atoms with Crippen LogP contribution in [0.15, 0.2) is 0 Å². The van der Waals surface area contributed by atoms with E-state index in [4.69, 9.17) is 0 Å². The van der Waals surface area contributed by atoms with Crippen molar-refractivity contribution in [3.63, 3.8) is 0 Å². The van der Waals surface area contributed by atoms with Crippen molar-refractivity contribution in [2.45, 2.75) is 69.9 Å². The summed E-state index contributed by atoms with van der Waals surface area (Å²) in [5.74, 6) is 0.0350. The molecule has 0 aromatic heterocycles. The smallest absolute Gasteiger partial charge is 0.307 e. The maximum atomic E-state index is 11.4. The first kappa shape index (κ1) is 15.3. The molecular formula is C17H30N2O2. The molecule has 0 bridgehead atoms. The maximum absolute atomic E-state index is 11.4. The van der Waals surface area contributed by atoms with Crippen molar-refractivity contribution in [1.29, 1.82) is 0 Å². The van der Waals surface area contributed by atoms with Crippen molar-refractivity contribution < 1.29 is 9.90 Å². The topological polar surface area (TPSA) is 52.6 Å². The van der Waals surface area contributed by atoms with E-state index >= 15 is 0 Å². The van der Waals surface area contributed by atoms with Crippen molar-refractivity contribution in [1.82, 2.24) is 10.2 Å². The number of aliphatic carboxylic acids is 1. The molecule has 2 saturated carbocycles. The van der Waals surface area contributed by atoms with Gasteiger partial charge < -0.3 is 10.4 Å². The molecule has 0 spiro atoms. The predicted octanol–water partition coefficient (Wildman–Crippen LogP) is 2.48. The van der Waals surface area contributed by atoms with Gasteiger partial charge in [0.15, 0.2) is 0 Å². The Morgan fingerprint density at radius 1 is 1.05 bits per heavy atom. The number of nitrogens with zero attached hydrogens (tertiary/aromatic N) is 1. The number of hydrogen-bond donors (Lipinski definition) is 2. The standard InChI is InChI=1S/C17H30N2O2/c20-17(21)14-9-15(12-19(11-14)16-7-4-8-16)18-10-13-5-2-1-3-6-13/h13-16,18H,1-12H2,(H,20,21). The lowest BCUT2D eigenvalue weighted by atomic mass is 9.85. The quantitative estimate of drug-likeness (QED) is 0.818. The average Bonchev–Trinajstić information content (AvgIpc) is 2.44. The van der Waals surface area contributed by atoms with E-state index < -0.39 is 5.97 Å². The summed E-state index contributed by atoms with van der Waals surface area (Å²) in [7, 11) is 0. The summed E-state index contributed by atoms with van der Waals surface area (Å²) in [4.78, 5) is 13.9. The zero-order valence-electron chi connectivity index (χ0n) is 13.1. The fourth-order valence-corrected chi connectivity index (χ4v) is 4.23. The fraction of sp³-hybridized carbons (Fsp3) is 0.941. The van der Waals surface area contributed by atoms with Crippen LogP contribution >= 0.6 is 0 Å². The molecule has 0 aromatic rings. The molecule has 3 rings (SSSR count). The van der Waals surface area contributed by atoms with Crippen LogP contribution in [-0.4, -0.2) is 47.7 Å². The molecule has 3 aliphatic rings. The minimum atomic E-state index is -0.608. The Hall–Kier alpha value is -0.610. The van der Waals surface area contributed by atoms with E-state index in [1.165, 1.54) is 51.4 Å². The van der Waals surface area contributed by atoms with Gasteiger partial charge in [-0.3, -0.25) is 9.69 Å². The van der Waals surface area contributed by atoms with Crippen LogP contribution in [0.3, 0.4) is 0 Å². The monoisotopic (exact) mass is 294 g/mol. The van der Waals surface area contributed by atoms with Gasteiger partial charge in [-0.25, -0.2) is 0 Å². The molecule has 0 radical (unpaired) electrons. The number of nitrogens with one attached hydrogen (secondary N) is 1. The van der Waals surface area contributed by atoms with E-state index in [0.29, 0.717) is 12.1 Å². The molecule has 2 unspecified atom stereocenters. The molecule has 4 nitrogen and oxygen atoms in total. The van der Waals surface area contributed by atoms with Gasteiger partial charge in [-0.1, -0.05) is 25.7 Å². The van der Waals surface area contributed by atoms with Crippen LogP contribution in [0, 0.1) is 11.8 Å². The molecule has 1 aliphatic heterocycles. The van der Waals surface area contributed by atoms with Gasteiger partial charge in [-0.15, -0.1) is 0 Å². The average molecular weight is 294 g/mol. The third-order valence-electron chi connectivity index (χ3n) is 5.84.